The third-order valence-corrected chi connectivity index (χ3v) is 3.61. The Labute approximate surface area is 159 Å². The number of benzene rings is 1. The standard InChI is InChI=1S/C20H25FN6/c1-4-5-9-16(21)12-23-14-27(15(2)3)19-18(22)13-24-20(26-19)25-17-10-7-6-8-11-17/h4-13,15,23H,1,14,22H2,2-3H3,(H,24,25,26)/b9-5-,16-12-. The predicted octanol–water partition coefficient (Wildman–Crippen LogP) is 4.12. The van der Waals surface area contributed by atoms with Crippen molar-refractivity contribution >= 4 is 23.1 Å². The lowest BCUT2D eigenvalue weighted by molar-refractivity contribution is 0.620. The first-order chi connectivity index (χ1) is 13.0. The molecule has 0 saturated heterocycles. The molecule has 6 nitrogen and oxygen atoms in total. The van der Waals surface area contributed by atoms with E-state index in [9.17, 15) is 4.39 Å². The number of rotatable bonds is 9. The first-order valence-electron chi connectivity index (χ1n) is 8.60. The second kappa shape index (κ2) is 9.96. The molecule has 2 rings (SSSR count). The van der Waals surface area contributed by atoms with E-state index in [0.29, 0.717) is 24.1 Å². The van der Waals surface area contributed by atoms with Gasteiger partial charge in [-0.05, 0) is 32.1 Å². The summed E-state index contributed by atoms with van der Waals surface area (Å²) in [6.07, 6.45) is 7.21. The molecule has 0 amide bonds. The zero-order chi connectivity index (χ0) is 19.6. The van der Waals surface area contributed by atoms with Gasteiger partial charge in [-0.25, -0.2) is 9.37 Å². The Morgan fingerprint density at radius 1 is 1.33 bits per heavy atom. The van der Waals surface area contributed by atoms with E-state index in [1.807, 2.05) is 49.1 Å². The van der Waals surface area contributed by atoms with Crippen molar-refractivity contribution in [2.45, 2.75) is 19.9 Å². The van der Waals surface area contributed by atoms with Crippen molar-refractivity contribution in [2.75, 3.05) is 22.6 Å². The number of hydrogen-bond acceptors (Lipinski definition) is 6. The SMILES string of the molecule is C=C/C=C\C(F)=C\NCN(c1nc(Nc2ccccc2)ncc1N)C(C)C. The molecule has 0 atom stereocenters. The van der Waals surface area contributed by atoms with Crippen molar-refractivity contribution in [3.8, 4) is 0 Å². The van der Waals surface area contributed by atoms with Crippen LogP contribution in [0.3, 0.4) is 0 Å². The van der Waals surface area contributed by atoms with Gasteiger partial charge in [0, 0.05) is 17.9 Å². The molecular formula is C20H25FN6. The fraction of sp³-hybridized carbons (Fsp3) is 0.200. The monoisotopic (exact) mass is 368 g/mol. The minimum absolute atomic E-state index is 0.0828. The average Bonchev–Trinajstić information content (AvgIpc) is 2.66. The predicted molar refractivity (Wildman–Crippen MR) is 110 cm³/mol. The summed E-state index contributed by atoms with van der Waals surface area (Å²) in [6.45, 7) is 7.85. The van der Waals surface area contributed by atoms with Crippen LogP contribution in [0.2, 0.25) is 0 Å². The van der Waals surface area contributed by atoms with Crippen LogP contribution in [0.4, 0.5) is 27.5 Å². The zero-order valence-corrected chi connectivity index (χ0v) is 15.6. The van der Waals surface area contributed by atoms with Crippen LogP contribution in [-0.4, -0.2) is 22.7 Å². The number of allylic oxidation sites excluding steroid dienone is 4. The van der Waals surface area contributed by atoms with E-state index in [0.717, 1.165) is 5.69 Å². The Hall–Kier alpha value is -3.35. The lowest BCUT2D eigenvalue weighted by Crippen LogP contribution is -2.38. The van der Waals surface area contributed by atoms with Crippen LogP contribution < -0.4 is 21.3 Å². The number of nitrogens with two attached hydrogens (primary N) is 1. The maximum atomic E-state index is 13.6. The topological polar surface area (TPSA) is 79.1 Å². The number of nitrogens with zero attached hydrogens (tertiary/aromatic N) is 3. The highest BCUT2D eigenvalue weighted by molar-refractivity contribution is 5.65. The van der Waals surface area contributed by atoms with Crippen LogP contribution >= 0.6 is 0 Å². The van der Waals surface area contributed by atoms with E-state index in [2.05, 4.69) is 27.2 Å². The van der Waals surface area contributed by atoms with Crippen molar-refractivity contribution in [3.63, 3.8) is 0 Å². The molecular weight excluding hydrogens is 343 g/mol. The highest BCUT2D eigenvalue weighted by atomic mass is 19.1. The molecule has 142 valence electrons. The summed E-state index contributed by atoms with van der Waals surface area (Å²) in [5, 5.41) is 6.08. The lowest BCUT2D eigenvalue weighted by Gasteiger charge is -2.28. The van der Waals surface area contributed by atoms with Gasteiger partial charge in [0.1, 0.15) is 5.83 Å². The van der Waals surface area contributed by atoms with Gasteiger partial charge in [-0.2, -0.15) is 4.98 Å². The van der Waals surface area contributed by atoms with Gasteiger partial charge in [-0.3, -0.25) is 0 Å². The van der Waals surface area contributed by atoms with Gasteiger partial charge in [0.05, 0.1) is 18.6 Å². The fourth-order valence-corrected chi connectivity index (χ4v) is 2.27. The Kier molecular flexibility index (Phi) is 7.37. The molecule has 0 aliphatic carbocycles. The number of hydrogen-bond donors (Lipinski definition) is 3. The number of halogens is 1. The van der Waals surface area contributed by atoms with Crippen molar-refractivity contribution in [3.05, 3.63) is 73.4 Å². The second-order valence-electron chi connectivity index (χ2n) is 6.01. The summed E-state index contributed by atoms with van der Waals surface area (Å²) in [6, 6.07) is 9.71. The average molecular weight is 368 g/mol. The lowest BCUT2D eigenvalue weighted by atomic mass is 10.3. The van der Waals surface area contributed by atoms with Crippen LogP contribution in [-0.2, 0) is 0 Å². The van der Waals surface area contributed by atoms with E-state index in [1.54, 1.807) is 6.20 Å². The number of anilines is 4. The number of nitrogen functional groups attached to an aromatic ring is 1. The summed E-state index contributed by atoms with van der Waals surface area (Å²) in [4.78, 5) is 10.7. The second-order valence-corrected chi connectivity index (χ2v) is 6.01. The molecule has 2 aromatic rings. The molecule has 0 fully saturated rings. The van der Waals surface area contributed by atoms with Gasteiger partial charge in [0.25, 0.3) is 0 Å². The molecule has 0 aliphatic heterocycles. The van der Waals surface area contributed by atoms with E-state index < -0.39 is 5.83 Å². The molecule has 0 unspecified atom stereocenters. The maximum Gasteiger partial charge on any atom is 0.229 e. The molecule has 0 saturated carbocycles. The largest absolute Gasteiger partial charge is 0.394 e. The zero-order valence-electron chi connectivity index (χ0n) is 15.6. The summed E-state index contributed by atoms with van der Waals surface area (Å²) < 4.78 is 13.6. The van der Waals surface area contributed by atoms with Crippen molar-refractivity contribution in [1.82, 2.24) is 15.3 Å². The Morgan fingerprint density at radius 2 is 2.07 bits per heavy atom. The van der Waals surface area contributed by atoms with Crippen molar-refractivity contribution in [2.24, 2.45) is 0 Å². The Balaban J connectivity index is 2.17. The van der Waals surface area contributed by atoms with Gasteiger partial charge in [0.2, 0.25) is 5.95 Å². The fourth-order valence-electron chi connectivity index (χ4n) is 2.27. The molecule has 1 heterocycles. The van der Waals surface area contributed by atoms with Crippen LogP contribution in [0.1, 0.15) is 13.8 Å². The van der Waals surface area contributed by atoms with E-state index in [4.69, 9.17) is 5.73 Å². The quantitative estimate of drug-likeness (QED) is 0.456. The van der Waals surface area contributed by atoms with Crippen LogP contribution in [0.5, 0.6) is 0 Å². The summed E-state index contributed by atoms with van der Waals surface area (Å²) in [5.74, 6) is 0.605. The molecule has 0 radical (unpaired) electrons. The smallest absolute Gasteiger partial charge is 0.229 e. The van der Waals surface area contributed by atoms with E-state index in [-0.39, 0.29) is 6.04 Å². The highest BCUT2D eigenvalue weighted by Gasteiger charge is 2.16. The number of para-hydroxylation sites is 1. The van der Waals surface area contributed by atoms with E-state index in [1.165, 1.54) is 24.4 Å². The first-order valence-corrected chi connectivity index (χ1v) is 8.60. The third kappa shape index (κ3) is 6.14. The molecule has 1 aromatic carbocycles. The van der Waals surface area contributed by atoms with Crippen LogP contribution in [0, 0.1) is 0 Å². The van der Waals surface area contributed by atoms with Gasteiger partial charge in [0.15, 0.2) is 5.82 Å². The summed E-state index contributed by atoms with van der Waals surface area (Å²) in [5.41, 5.74) is 7.41. The minimum atomic E-state index is -0.402. The Morgan fingerprint density at radius 3 is 2.74 bits per heavy atom. The van der Waals surface area contributed by atoms with Gasteiger partial charge >= 0.3 is 0 Å². The number of nitrogens with one attached hydrogen (secondary N) is 2. The molecule has 0 spiro atoms. The van der Waals surface area contributed by atoms with Crippen LogP contribution in [0.25, 0.3) is 0 Å². The highest BCUT2D eigenvalue weighted by Crippen LogP contribution is 2.24. The molecule has 0 aliphatic rings. The molecule has 7 heteroatoms. The maximum absolute atomic E-state index is 13.6. The molecule has 27 heavy (non-hydrogen) atoms. The molecule has 1 aromatic heterocycles. The van der Waals surface area contributed by atoms with Gasteiger partial charge in [-0.15, -0.1) is 0 Å². The van der Waals surface area contributed by atoms with Crippen LogP contribution in [0.15, 0.2) is 73.4 Å². The summed E-state index contributed by atoms with van der Waals surface area (Å²) >= 11 is 0. The van der Waals surface area contributed by atoms with E-state index >= 15 is 0 Å². The molecule has 0 bridgehead atoms. The summed E-state index contributed by atoms with van der Waals surface area (Å²) in [7, 11) is 0. The first kappa shape index (κ1) is 20.0. The Bertz CT molecular complexity index is 801. The minimum Gasteiger partial charge on any atom is -0.394 e. The van der Waals surface area contributed by atoms with Gasteiger partial charge < -0.3 is 21.3 Å². The third-order valence-electron chi connectivity index (χ3n) is 3.61. The van der Waals surface area contributed by atoms with Crippen molar-refractivity contribution < 1.29 is 4.39 Å². The number of aromatic nitrogens is 2. The molecule has 4 N–H and O–H groups in total. The van der Waals surface area contributed by atoms with Crippen molar-refractivity contribution in [1.29, 1.82) is 0 Å². The normalized spacial score (nSPS) is 11.6. The van der Waals surface area contributed by atoms with Gasteiger partial charge in [-0.1, -0.05) is 36.9 Å².